The van der Waals surface area contributed by atoms with Gasteiger partial charge >= 0.3 is 5.97 Å². The minimum Gasteiger partial charge on any atom is -0.478 e. The third-order valence-corrected chi connectivity index (χ3v) is 3.62. The highest BCUT2D eigenvalue weighted by Crippen LogP contribution is 2.30. The second-order valence-electron chi connectivity index (χ2n) is 4.99. The van der Waals surface area contributed by atoms with E-state index in [2.05, 4.69) is 5.32 Å². The molecule has 0 aliphatic heterocycles. The summed E-state index contributed by atoms with van der Waals surface area (Å²) < 4.78 is 11.0. The number of halogens is 1. The first-order valence-corrected chi connectivity index (χ1v) is 7.90. The minimum atomic E-state index is -0.995. The quantitative estimate of drug-likeness (QED) is 0.681. The van der Waals surface area contributed by atoms with E-state index < -0.39 is 5.97 Å². The Morgan fingerprint density at radius 3 is 2.91 bits per heavy atom. The first kappa shape index (κ1) is 17.5. The molecule has 0 spiro atoms. The first-order chi connectivity index (χ1) is 11.1. The van der Waals surface area contributed by atoms with Crippen molar-refractivity contribution in [2.45, 2.75) is 19.9 Å². The third-order valence-electron chi connectivity index (χ3n) is 3.29. The van der Waals surface area contributed by atoms with Crippen LogP contribution in [0.3, 0.4) is 0 Å². The van der Waals surface area contributed by atoms with Gasteiger partial charge in [-0.25, -0.2) is 4.79 Å². The number of benzene rings is 1. The minimum absolute atomic E-state index is 0.177. The lowest BCUT2D eigenvalue weighted by Gasteiger charge is -2.04. The lowest BCUT2D eigenvalue weighted by Crippen LogP contribution is -2.15. The van der Waals surface area contributed by atoms with Crippen molar-refractivity contribution < 1.29 is 19.1 Å². The van der Waals surface area contributed by atoms with E-state index in [-0.39, 0.29) is 5.56 Å². The Morgan fingerprint density at radius 2 is 2.17 bits per heavy atom. The molecule has 1 aromatic heterocycles. The SMILES string of the molecule is CCOCCCNCc1ccc(-c2cc(C(=O)O)ccc2Cl)o1. The summed E-state index contributed by atoms with van der Waals surface area (Å²) in [7, 11) is 0. The van der Waals surface area contributed by atoms with E-state index in [4.69, 9.17) is 25.9 Å². The number of ether oxygens (including phenoxy) is 1. The van der Waals surface area contributed by atoms with Crippen LogP contribution in [0.25, 0.3) is 11.3 Å². The Kier molecular flexibility index (Phi) is 6.65. The number of aromatic carboxylic acids is 1. The van der Waals surface area contributed by atoms with Crippen molar-refractivity contribution in [1.29, 1.82) is 0 Å². The van der Waals surface area contributed by atoms with Gasteiger partial charge in [-0.3, -0.25) is 0 Å². The van der Waals surface area contributed by atoms with Gasteiger partial charge in [0.2, 0.25) is 0 Å². The Balaban J connectivity index is 1.96. The van der Waals surface area contributed by atoms with Gasteiger partial charge in [-0.15, -0.1) is 0 Å². The maximum Gasteiger partial charge on any atom is 0.335 e. The zero-order chi connectivity index (χ0) is 16.7. The molecule has 2 N–H and O–H groups in total. The lowest BCUT2D eigenvalue weighted by atomic mass is 10.1. The molecule has 1 aromatic carbocycles. The smallest absolute Gasteiger partial charge is 0.335 e. The van der Waals surface area contributed by atoms with Crippen molar-refractivity contribution in [1.82, 2.24) is 5.32 Å². The van der Waals surface area contributed by atoms with Gasteiger partial charge in [0, 0.05) is 18.8 Å². The van der Waals surface area contributed by atoms with E-state index in [9.17, 15) is 4.79 Å². The topological polar surface area (TPSA) is 71.7 Å². The first-order valence-electron chi connectivity index (χ1n) is 7.52. The van der Waals surface area contributed by atoms with E-state index in [1.165, 1.54) is 12.1 Å². The van der Waals surface area contributed by atoms with Crippen LogP contribution in [0, 0.1) is 0 Å². The van der Waals surface area contributed by atoms with E-state index in [1.807, 2.05) is 13.0 Å². The summed E-state index contributed by atoms with van der Waals surface area (Å²) in [6.45, 7) is 4.89. The molecule has 0 amide bonds. The fourth-order valence-electron chi connectivity index (χ4n) is 2.12. The standard InChI is InChI=1S/C17H20ClNO4/c1-2-22-9-3-8-19-11-13-5-7-16(23-13)14-10-12(17(20)21)4-6-15(14)18/h4-7,10,19H,2-3,8-9,11H2,1H3,(H,20,21). The number of nitrogens with one attached hydrogen (secondary N) is 1. The predicted molar refractivity (Wildman–Crippen MR) is 88.9 cm³/mol. The Labute approximate surface area is 140 Å². The van der Waals surface area contributed by atoms with Gasteiger partial charge in [-0.2, -0.15) is 0 Å². The van der Waals surface area contributed by atoms with Gasteiger partial charge in [-0.05, 0) is 50.2 Å². The molecule has 0 saturated heterocycles. The average molecular weight is 338 g/mol. The van der Waals surface area contributed by atoms with E-state index in [1.54, 1.807) is 12.1 Å². The summed E-state index contributed by atoms with van der Waals surface area (Å²) in [4.78, 5) is 11.1. The lowest BCUT2D eigenvalue weighted by molar-refractivity contribution is 0.0697. The average Bonchev–Trinajstić information content (AvgIpc) is 2.99. The van der Waals surface area contributed by atoms with Crippen molar-refractivity contribution in [3.63, 3.8) is 0 Å². The van der Waals surface area contributed by atoms with Crippen molar-refractivity contribution >= 4 is 17.6 Å². The summed E-state index contributed by atoms with van der Waals surface area (Å²) in [5.74, 6) is 0.336. The van der Waals surface area contributed by atoms with Gasteiger partial charge in [-0.1, -0.05) is 11.6 Å². The summed E-state index contributed by atoms with van der Waals surface area (Å²) >= 11 is 6.14. The zero-order valence-electron chi connectivity index (χ0n) is 13.0. The van der Waals surface area contributed by atoms with Gasteiger partial charge < -0.3 is 19.6 Å². The highest BCUT2D eigenvalue weighted by Gasteiger charge is 2.12. The van der Waals surface area contributed by atoms with Crippen LogP contribution in [0.5, 0.6) is 0 Å². The summed E-state index contributed by atoms with van der Waals surface area (Å²) in [6.07, 6.45) is 0.938. The fraction of sp³-hybridized carbons (Fsp3) is 0.353. The fourth-order valence-corrected chi connectivity index (χ4v) is 2.33. The molecule has 124 valence electrons. The Morgan fingerprint density at radius 1 is 1.35 bits per heavy atom. The van der Waals surface area contributed by atoms with Crippen LogP contribution in [-0.4, -0.2) is 30.8 Å². The molecule has 0 bridgehead atoms. The molecule has 1 heterocycles. The number of carboxylic acid groups (broad SMARTS) is 1. The molecule has 0 unspecified atom stereocenters. The maximum absolute atomic E-state index is 11.1. The number of rotatable bonds is 9. The highest BCUT2D eigenvalue weighted by atomic mass is 35.5. The molecule has 0 atom stereocenters. The van der Waals surface area contributed by atoms with Crippen molar-refractivity contribution in [3.8, 4) is 11.3 Å². The number of hydrogen-bond acceptors (Lipinski definition) is 4. The van der Waals surface area contributed by atoms with E-state index in [0.29, 0.717) is 22.9 Å². The molecule has 5 nitrogen and oxygen atoms in total. The normalized spacial score (nSPS) is 10.9. The highest BCUT2D eigenvalue weighted by molar-refractivity contribution is 6.33. The van der Waals surface area contributed by atoms with Crippen LogP contribution >= 0.6 is 11.6 Å². The van der Waals surface area contributed by atoms with Crippen LogP contribution in [0.15, 0.2) is 34.7 Å². The number of hydrogen-bond donors (Lipinski definition) is 2. The molecular formula is C17H20ClNO4. The molecule has 2 rings (SSSR count). The second kappa shape index (κ2) is 8.72. The maximum atomic E-state index is 11.1. The zero-order valence-corrected chi connectivity index (χ0v) is 13.7. The largest absolute Gasteiger partial charge is 0.478 e. The van der Waals surface area contributed by atoms with Gasteiger partial charge in [0.05, 0.1) is 17.1 Å². The Bertz CT molecular complexity index is 654. The molecule has 6 heteroatoms. The summed E-state index contributed by atoms with van der Waals surface area (Å²) in [5.41, 5.74) is 0.755. The molecule has 0 radical (unpaired) electrons. The van der Waals surface area contributed by atoms with Crippen molar-refractivity contribution in [2.24, 2.45) is 0 Å². The van der Waals surface area contributed by atoms with Gasteiger partial charge in [0.15, 0.2) is 0 Å². The van der Waals surface area contributed by atoms with Crippen molar-refractivity contribution in [3.05, 3.63) is 46.7 Å². The number of furan rings is 1. The molecule has 0 aliphatic carbocycles. The van der Waals surface area contributed by atoms with Gasteiger partial charge in [0.25, 0.3) is 0 Å². The summed E-state index contributed by atoms with van der Waals surface area (Å²) in [5, 5.41) is 12.8. The number of carbonyl (C=O) groups is 1. The molecular weight excluding hydrogens is 318 g/mol. The van der Waals surface area contributed by atoms with Gasteiger partial charge in [0.1, 0.15) is 11.5 Å². The van der Waals surface area contributed by atoms with Crippen LogP contribution in [-0.2, 0) is 11.3 Å². The molecule has 0 aliphatic rings. The third kappa shape index (κ3) is 5.10. The van der Waals surface area contributed by atoms with E-state index in [0.717, 1.165) is 31.9 Å². The second-order valence-corrected chi connectivity index (χ2v) is 5.40. The Hall–Kier alpha value is -1.82. The molecule has 23 heavy (non-hydrogen) atoms. The van der Waals surface area contributed by atoms with Crippen LogP contribution in [0.2, 0.25) is 5.02 Å². The molecule has 0 fully saturated rings. The molecule has 2 aromatic rings. The summed E-state index contributed by atoms with van der Waals surface area (Å²) in [6, 6.07) is 8.20. The van der Waals surface area contributed by atoms with Crippen molar-refractivity contribution in [2.75, 3.05) is 19.8 Å². The number of carboxylic acids is 1. The monoisotopic (exact) mass is 337 g/mol. The predicted octanol–water partition coefficient (Wildman–Crippen LogP) is 3.81. The van der Waals surface area contributed by atoms with Crippen LogP contribution < -0.4 is 5.32 Å². The van der Waals surface area contributed by atoms with Crippen LogP contribution in [0.1, 0.15) is 29.5 Å². The van der Waals surface area contributed by atoms with E-state index >= 15 is 0 Å². The van der Waals surface area contributed by atoms with Crippen LogP contribution in [0.4, 0.5) is 0 Å². The molecule has 0 saturated carbocycles.